The van der Waals surface area contributed by atoms with Gasteiger partial charge >= 0.3 is 5.97 Å². The monoisotopic (exact) mass is 288 g/mol. The zero-order valence-corrected chi connectivity index (χ0v) is 13.1. The van der Waals surface area contributed by atoms with Gasteiger partial charge in [-0.2, -0.15) is 0 Å². The van der Waals surface area contributed by atoms with E-state index in [2.05, 4.69) is 6.58 Å². The minimum atomic E-state index is -0.0700. The molecule has 21 heavy (non-hydrogen) atoms. The van der Waals surface area contributed by atoms with Gasteiger partial charge in [0.1, 0.15) is 6.10 Å². The average Bonchev–Trinajstić information content (AvgIpc) is 2.47. The van der Waals surface area contributed by atoms with Gasteiger partial charge in [0, 0.05) is 5.57 Å². The zero-order chi connectivity index (χ0) is 14.4. The Labute approximate surface area is 128 Å². The summed E-state index contributed by atoms with van der Waals surface area (Å²) in [5, 5.41) is 0. The summed E-state index contributed by atoms with van der Waals surface area (Å²) in [5.74, 6) is 3.73. The van der Waals surface area contributed by atoms with E-state index in [4.69, 9.17) is 4.74 Å². The third-order valence-corrected chi connectivity index (χ3v) is 6.72. The van der Waals surface area contributed by atoms with Crippen LogP contribution in [0.25, 0.3) is 0 Å². The van der Waals surface area contributed by atoms with Crippen LogP contribution in [0.4, 0.5) is 0 Å². The highest BCUT2D eigenvalue weighted by Crippen LogP contribution is 2.58. The molecule has 5 aliphatic rings. The van der Waals surface area contributed by atoms with Gasteiger partial charge in [-0.3, -0.25) is 0 Å². The Morgan fingerprint density at radius 2 is 1.43 bits per heavy atom. The molecule has 0 aromatic heterocycles. The molecule has 0 unspecified atom stereocenters. The first kappa shape index (κ1) is 13.8. The predicted octanol–water partition coefficient (Wildman–Crippen LogP) is 4.49. The van der Waals surface area contributed by atoms with Crippen molar-refractivity contribution in [2.24, 2.45) is 29.6 Å². The molecule has 5 aliphatic carbocycles. The number of rotatable bonds is 3. The second-order valence-electron chi connectivity index (χ2n) is 8.15. The van der Waals surface area contributed by atoms with Gasteiger partial charge in [0.25, 0.3) is 0 Å². The Kier molecular flexibility index (Phi) is 3.59. The normalized spacial score (nSPS) is 42.0. The Morgan fingerprint density at radius 1 is 0.857 bits per heavy atom. The molecule has 5 rings (SSSR count). The molecule has 0 aromatic rings. The minimum absolute atomic E-state index is 0.0700. The number of esters is 1. The van der Waals surface area contributed by atoms with Crippen LogP contribution in [-0.2, 0) is 9.53 Å². The quantitative estimate of drug-likeness (QED) is 0.565. The highest BCUT2D eigenvalue weighted by Gasteiger charge is 2.50. The summed E-state index contributed by atoms with van der Waals surface area (Å²) >= 11 is 0. The van der Waals surface area contributed by atoms with Crippen molar-refractivity contribution in [1.82, 2.24) is 0 Å². The lowest BCUT2D eigenvalue weighted by molar-refractivity contribution is -0.148. The molecule has 2 nitrogen and oxygen atoms in total. The Morgan fingerprint density at radius 3 is 2.00 bits per heavy atom. The molecule has 0 aliphatic heterocycles. The van der Waals surface area contributed by atoms with Crippen LogP contribution >= 0.6 is 0 Å². The van der Waals surface area contributed by atoms with Crippen LogP contribution in [0.5, 0.6) is 0 Å². The molecule has 5 saturated carbocycles. The number of carbonyl (C=O) groups is 1. The highest BCUT2D eigenvalue weighted by atomic mass is 16.5. The lowest BCUT2D eigenvalue weighted by Gasteiger charge is -2.54. The molecule has 5 fully saturated rings. The van der Waals surface area contributed by atoms with E-state index in [-0.39, 0.29) is 12.1 Å². The molecule has 0 aromatic carbocycles. The standard InChI is InChI=1S/C19H28O2/c1-12(19(20)21-17-5-3-2-4-6-17)18-15-8-13-7-14(10-15)11-16(18)9-13/h13-18H,1-11H2. The molecule has 0 amide bonds. The molecular formula is C19H28O2. The van der Waals surface area contributed by atoms with Crippen molar-refractivity contribution in [3.63, 3.8) is 0 Å². The first-order chi connectivity index (χ1) is 10.2. The third kappa shape index (κ3) is 2.55. The van der Waals surface area contributed by atoms with Gasteiger partial charge < -0.3 is 4.74 Å². The van der Waals surface area contributed by atoms with Crippen LogP contribution in [0.1, 0.15) is 64.2 Å². The van der Waals surface area contributed by atoms with Gasteiger partial charge in [-0.1, -0.05) is 13.0 Å². The molecule has 116 valence electrons. The number of ether oxygens (including phenoxy) is 1. The summed E-state index contributed by atoms with van der Waals surface area (Å²) in [6, 6.07) is 0. The van der Waals surface area contributed by atoms with Crippen LogP contribution in [0.2, 0.25) is 0 Å². The van der Waals surface area contributed by atoms with E-state index < -0.39 is 0 Å². The number of hydrogen-bond donors (Lipinski definition) is 0. The third-order valence-electron chi connectivity index (χ3n) is 6.72. The first-order valence-corrected chi connectivity index (χ1v) is 9.10. The molecule has 0 radical (unpaired) electrons. The summed E-state index contributed by atoms with van der Waals surface area (Å²) in [7, 11) is 0. The fraction of sp³-hybridized carbons (Fsp3) is 0.842. The molecule has 0 saturated heterocycles. The zero-order valence-electron chi connectivity index (χ0n) is 13.1. The van der Waals surface area contributed by atoms with E-state index in [1.165, 1.54) is 51.4 Å². The Balaban J connectivity index is 1.41. The summed E-state index contributed by atoms with van der Waals surface area (Å²) in [6.07, 6.45) is 12.8. The van der Waals surface area contributed by atoms with Crippen molar-refractivity contribution < 1.29 is 9.53 Å². The maximum Gasteiger partial charge on any atom is 0.333 e. The number of hydrogen-bond acceptors (Lipinski definition) is 2. The van der Waals surface area contributed by atoms with E-state index in [9.17, 15) is 4.79 Å². The fourth-order valence-corrected chi connectivity index (χ4v) is 6.04. The van der Waals surface area contributed by atoms with Crippen molar-refractivity contribution in [2.45, 2.75) is 70.3 Å². The van der Waals surface area contributed by atoms with Gasteiger partial charge in [0.15, 0.2) is 0 Å². The molecule has 0 atom stereocenters. The average molecular weight is 288 g/mol. The van der Waals surface area contributed by atoms with Crippen molar-refractivity contribution in [1.29, 1.82) is 0 Å². The van der Waals surface area contributed by atoms with Gasteiger partial charge in [-0.25, -0.2) is 4.79 Å². The number of carbonyl (C=O) groups excluding carboxylic acids is 1. The molecule has 4 bridgehead atoms. The minimum Gasteiger partial charge on any atom is -0.459 e. The summed E-state index contributed by atoms with van der Waals surface area (Å²) in [5.41, 5.74) is 0.814. The van der Waals surface area contributed by atoms with E-state index in [1.807, 2.05) is 0 Å². The van der Waals surface area contributed by atoms with E-state index in [0.717, 1.165) is 42.1 Å². The predicted molar refractivity (Wildman–Crippen MR) is 82.6 cm³/mol. The smallest absolute Gasteiger partial charge is 0.333 e. The van der Waals surface area contributed by atoms with Crippen LogP contribution < -0.4 is 0 Å². The second-order valence-corrected chi connectivity index (χ2v) is 8.15. The Hall–Kier alpha value is -0.790. The van der Waals surface area contributed by atoms with Crippen molar-refractivity contribution in [3.8, 4) is 0 Å². The lowest BCUT2D eigenvalue weighted by atomic mass is 9.50. The topological polar surface area (TPSA) is 26.3 Å². The fourth-order valence-electron chi connectivity index (χ4n) is 6.04. The maximum atomic E-state index is 12.5. The summed E-state index contributed by atoms with van der Waals surface area (Å²) in [4.78, 5) is 12.5. The maximum absolute atomic E-state index is 12.5. The molecular weight excluding hydrogens is 260 g/mol. The van der Waals surface area contributed by atoms with Gasteiger partial charge in [0.2, 0.25) is 0 Å². The Bertz CT molecular complexity index is 405. The molecule has 0 N–H and O–H groups in total. The molecule has 2 heteroatoms. The first-order valence-electron chi connectivity index (χ1n) is 9.10. The SMILES string of the molecule is C=C(C(=O)OC1CCCCC1)C1C2CC3CC(C2)CC1C3. The van der Waals surface area contributed by atoms with Gasteiger partial charge in [0.05, 0.1) is 0 Å². The van der Waals surface area contributed by atoms with Crippen LogP contribution in [0, 0.1) is 29.6 Å². The van der Waals surface area contributed by atoms with E-state index in [1.54, 1.807) is 0 Å². The van der Waals surface area contributed by atoms with Crippen molar-refractivity contribution in [2.75, 3.05) is 0 Å². The van der Waals surface area contributed by atoms with Crippen LogP contribution in [0.15, 0.2) is 12.2 Å². The molecule has 0 spiro atoms. The largest absolute Gasteiger partial charge is 0.459 e. The van der Waals surface area contributed by atoms with Crippen molar-refractivity contribution >= 4 is 5.97 Å². The highest BCUT2D eigenvalue weighted by molar-refractivity contribution is 5.88. The summed E-state index contributed by atoms with van der Waals surface area (Å²) in [6.45, 7) is 4.19. The van der Waals surface area contributed by atoms with Crippen LogP contribution in [-0.4, -0.2) is 12.1 Å². The lowest BCUT2D eigenvalue weighted by Crippen LogP contribution is -2.46. The second kappa shape index (κ2) is 5.44. The van der Waals surface area contributed by atoms with E-state index in [0.29, 0.717) is 5.92 Å². The van der Waals surface area contributed by atoms with Gasteiger partial charge in [-0.15, -0.1) is 0 Å². The van der Waals surface area contributed by atoms with Crippen molar-refractivity contribution in [3.05, 3.63) is 12.2 Å². The summed E-state index contributed by atoms with van der Waals surface area (Å²) < 4.78 is 5.77. The van der Waals surface area contributed by atoms with Gasteiger partial charge in [-0.05, 0) is 87.4 Å². The van der Waals surface area contributed by atoms with E-state index >= 15 is 0 Å². The van der Waals surface area contributed by atoms with Crippen LogP contribution in [0.3, 0.4) is 0 Å². The molecule has 0 heterocycles.